The summed E-state index contributed by atoms with van der Waals surface area (Å²) in [6, 6.07) is -0.236. The Hall–Kier alpha value is -1.47. The molecule has 1 aromatic heterocycles. The quantitative estimate of drug-likeness (QED) is 0.780. The van der Waals surface area contributed by atoms with E-state index in [1.54, 1.807) is 12.3 Å². The molecule has 0 aliphatic carbocycles. The Kier molecular flexibility index (Phi) is 6.60. The summed E-state index contributed by atoms with van der Waals surface area (Å²) < 4.78 is 4.85. The third kappa shape index (κ3) is 4.28. The van der Waals surface area contributed by atoms with E-state index in [2.05, 4.69) is 10.3 Å². The van der Waals surface area contributed by atoms with Crippen molar-refractivity contribution in [2.24, 2.45) is 0 Å². The fourth-order valence-corrected chi connectivity index (χ4v) is 2.46. The first-order chi connectivity index (χ1) is 9.53. The van der Waals surface area contributed by atoms with Crippen molar-refractivity contribution in [1.29, 1.82) is 0 Å². The summed E-state index contributed by atoms with van der Waals surface area (Å²) in [6.45, 7) is 9.51. The number of hydrogen-bond acceptors (Lipinski definition) is 6. The number of thiazole rings is 1. The summed E-state index contributed by atoms with van der Waals surface area (Å²) in [5.74, 6) is -0.598. The van der Waals surface area contributed by atoms with Crippen molar-refractivity contribution in [3.8, 4) is 0 Å². The smallest absolute Gasteiger partial charge is 0.357 e. The predicted octanol–water partition coefficient (Wildman–Crippen LogP) is 1.99. The van der Waals surface area contributed by atoms with E-state index in [1.807, 2.05) is 25.7 Å². The van der Waals surface area contributed by atoms with Gasteiger partial charge in [0.25, 0.3) is 0 Å². The minimum Gasteiger partial charge on any atom is -0.461 e. The molecule has 1 unspecified atom stereocenters. The van der Waals surface area contributed by atoms with Crippen LogP contribution >= 0.6 is 11.3 Å². The Labute approximate surface area is 123 Å². The predicted molar refractivity (Wildman–Crippen MR) is 79.1 cm³/mol. The molecule has 7 heteroatoms. The number of nitrogens with zero attached hydrogens (tertiary/aromatic N) is 2. The molecule has 0 aromatic carbocycles. The fraction of sp³-hybridized carbons (Fsp3) is 0.615. The highest BCUT2D eigenvalue weighted by atomic mass is 32.1. The maximum atomic E-state index is 12.1. The lowest BCUT2D eigenvalue weighted by Crippen LogP contribution is -2.41. The van der Waals surface area contributed by atoms with Crippen LogP contribution in [0, 0.1) is 0 Å². The number of anilines is 1. The standard InChI is InChI=1S/C13H21N3O3S/c1-5-16(6-2)9(4)11(17)15-13-14-10(8-20-13)12(18)19-7-3/h8-9H,5-7H2,1-4H3,(H,14,15,17). The highest BCUT2D eigenvalue weighted by molar-refractivity contribution is 7.14. The molecule has 0 bridgehead atoms. The van der Waals surface area contributed by atoms with Gasteiger partial charge in [0, 0.05) is 5.38 Å². The van der Waals surface area contributed by atoms with Gasteiger partial charge in [0.2, 0.25) is 5.91 Å². The van der Waals surface area contributed by atoms with E-state index in [-0.39, 0.29) is 17.6 Å². The maximum Gasteiger partial charge on any atom is 0.357 e. The van der Waals surface area contributed by atoms with Crippen LogP contribution in [0.5, 0.6) is 0 Å². The second-order valence-electron chi connectivity index (χ2n) is 4.14. The molecule has 0 saturated heterocycles. The van der Waals surface area contributed by atoms with Crippen molar-refractivity contribution in [3.05, 3.63) is 11.1 Å². The molecule has 0 radical (unpaired) electrons. The van der Waals surface area contributed by atoms with Gasteiger partial charge in [-0.05, 0) is 26.9 Å². The number of aromatic nitrogens is 1. The number of esters is 1. The molecular weight excluding hydrogens is 278 g/mol. The summed E-state index contributed by atoms with van der Waals surface area (Å²) in [5.41, 5.74) is 0.225. The first kappa shape index (κ1) is 16.6. The van der Waals surface area contributed by atoms with Crippen LogP contribution in [-0.4, -0.2) is 47.5 Å². The molecule has 6 nitrogen and oxygen atoms in total. The van der Waals surface area contributed by atoms with Gasteiger partial charge in [0.15, 0.2) is 10.8 Å². The zero-order chi connectivity index (χ0) is 15.1. The van der Waals surface area contributed by atoms with Gasteiger partial charge in [-0.15, -0.1) is 11.3 Å². The molecule has 0 saturated carbocycles. The van der Waals surface area contributed by atoms with Gasteiger partial charge in [-0.2, -0.15) is 0 Å². The molecule has 0 aliphatic rings. The number of ether oxygens (including phenoxy) is 1. The molecule has 20 heavy (non-hydrogen) atoms. The van der Waals surface area contributed by atoms with Crippen molar-refractivity contribution >= 4 is 28.3 Å². The number of carbonyl (C=O) groups excluding carboxylic acids is 2. The number of amides is 1. The Morgan fingerprint density at radius 2 is 2.05 bits per heavy atom. The van der Waals surface area contributed by atoms with Gasteiger partial charge in [0.1, 0.15) is 0 Å². The van der Waals surface area contributed by atoms with Crippen molar-refractivity contribution in [2.45, 2.75) is 33.7 Å². The van der Waals surface area contributed by atoms with E-state index in [0.29, 0.717) is 11.7 Å². The van der Waals surface area contributed by atoms with E-state index in [0.717, 1.165) is 13.1 Å². The van der Waals surface area contributed by atoms with Crippen LogP contribution in [0.2, 0.25) is 0 Å². The van der Waals surface area contributed by atoms with Crippen molar-refractivity contribution in [1.82, 2.24) is 9.88 Å². The number of nitrogens with one attached hydrogen (secondary N) is 1. The summed E-state index contributed by atoms with van der Waals surface area (Å²) >= 11 is 1.21. The summed E-state index contributed by atoms with van der Waals surface area (Å²) in [5, 5.41) is 4.72. The monoisotopic (exact) mass is 299 g/mol. The maximum absolute atomic E-state index is 12.1. The molecule has 0 aliphatic heterocycles. The van der Waals surface area contributed by atoms with E-state index in [9.17, 15) is 9.59 Å². The number of rotatable bonds is 7. The second-order valence-corrected chi connectivity index (χ2v) is 5.00. The molecule has 1 amide bonds. The first-order valence-corrected chi connectivity index (χ1v) is 7.58. The Morgan fingerprint density at radius 3 is 2.60 bits per heavy atom. The van der Waals surface area contributed by atoms with Gasteiger partial charge < -0.3 is 10.1 Å². The molecule has 1 aromatic rings. The molecule has 0 fully saturated rings. The average molecular weight is 299 g/mol. The Morgan fingerprint density at radius 1 is 1.40 bits per heavy atom. The van der Waals surface area contributed by atoms with Crippen LogP contribution in [0.25, 0.3) is 0 Å². The topological polar surface area (TPSA) is 71.5 Å². The second kappa shape index (κ2) is 7.96. The fourth-order valence-electron chi connectivity index (χ4n) is 1.78. The largest absolute Gasteiger partial charge is 0.461 e. The first-order valence-electron chi connectivity index (χ1n) is 6.70. The Bertz CT molecular complexity index is 457. The summed E-state index contributed by atoms with van der Waals surface area (Å²) in [4.78, 5) is 29.6. The molecule has 0 spiro atoms. The van der Waals surface area contributed by atoms with Crippen molar-refractivity contribution in [2.75, 3.05) is 25.0 Å². The van der Waals surface area contributed by atoms with Gasteiger partial charge in [-0.25, -0.2) is 9.78 Å². The molecule has 1 rings (SSSR count). The number of hydrogen-bond donors (Lipinski definition) is 1. The van der Waals surface area contributed by atoms with E-state index >= 15 is 0 Å². The van der Waals surface area contributed by atoms with Gasteiger partial charge in [0.05, 0.1) is 12.6 Å². The minimum atomic E-state index is -0.471. The molecule has 1 N–H and O–H groups in total. The lowest BCUT2D eigenvalue weighted by atomic mass is 10.2. The van der Waals surface area contributed by atoms with E-state index < -0.39 is 5.97 Å². The van der Waals surface area contributed by atoms with Gasteiger partial charge in [-0.3, -0.25) is 9.69 Å². The molecule has 1 atom stereocenters. The van der Waals surface area contributed by atoms with Crippen LogP contribution in [0.1, 0.15) is 38.2 Å². The minimum absolute atomic E-state index is 0.126. The molecular formula is C13H21N3O3S. The zero-order valence-electron chi connectivity index (χ0n) is 12.3. The van der Waals surface area contributed by atoms with Gasteiger partial charge in [-0.1, -0.05) is 13.8 Å². The number of carbonyl (C=O) groups is 2. The average Bonchev–Trinajstić information content (AvgIpc) is 2.88. The number of likely N-dealkylation sites (N-methyl/N-ethyl adjacent to an activating group) is 1. The lowest BCUT2D eigenvalue weighted by Gasteiger charge is -2.24. The summed E-state index contributed by atoms with van der Waals surface area (Å²) in [7, 11) is 0. The highest BCUT2D eigenvalue weighted by Gasteiger charge is 2.20. The van der Waals surface area contributed by atoms with Crippen LogP contribution in [-0.2, 0) is 9.53 Å². The van der Waals surface area contributed by atoms with E-state index in [4.69, 9.17) is 4.74 Å². The van der Waals surface area contributed by atoms with Crippen molar-refractivity contribution < 1.29 is 14.3 Å². The zero-order valence-corrected chi connectivity index (χ0v) is 13.1. The molecule has 112 valence electrons. The van der Waals surface area contributed by atoms with Crippen LogP contribution in [0.15, 0.2) is 5.38 Å². The van der Waals surface area contributed by atoms with Crippen molar-refractivity contribution in [3.63, 3.8) is 0 Å². The van der Waals surface area contributed by atoms with Crippen LogP contribution < -0.4 is 5.32 Å². The summed E-state index contributed by atoms with van der Waals surface area (Å²) in [6.07, 6.45) is 0. The van der Waals surface area contributed by atoms with Crippen LogP contribution in [0.3, 0.4) is 0 Å². The third-order valence-corrected chi connectivity index (χ3v) is 3.72. The third-order valence-electron chi connectivity index (χ3n) is 2.96. The lowest BCUT2D eigenvalue weighted by molar-refractivity contribution is -0.120. The molecule has 1 heterocycles. The normalized spacial score (nSPS) is 12.2. The van der Waals surface area contributed by atoms with E-state index in [1.165, 1.54) is 11.3 Å². The highest BCUT2D eigenvalue weighted by Crippen LogP contribution is 2.17. The SMILES string of the molecule is CCOC(=O)c1csc(NC(=O)C(C)N(CC)CC)n1. The van der Waals surface area contributed by atoms with Gasteiger partial charge >= 0.3 is 5.97 Å². The Balaban J connectivity index is 2.65. The van der Waals surface area contributed by atoms with Crippen LogP contribution in [0.4, 0.5) is 5.13 Å².